The van der Waals surface area contributed by atoms with E-state index in [1.165, 1.54) is 0 Å². The highest BCUT2D eigenvalue weighted by Gasteiger charge is 2.05. The first-order chi connectivity index (χ1) is 10.7. The Morgan fingerprint density at radius 3 is 2.77 bits per heavy atom. The summed E-state index contributed by atoms with van der Waals surface area (Å²) in [7, 11) is 1.61. The third kappa shape index (κ3) is 4.49. The predicted octanol–water partition coefficient (Wildman–Crippen LogP) is 2.52. The zero-order valence-corrected chi connectivity index (χ0v) is 12.6. The van der Waals surface area contributed by atoms with Crippen LogP contribution in [-0.4, -0.2) is 19.7 Å². The SMILES string of the molecule is COc1ccccc1CNC(=O)Nc1cccc(CCN)c1. The maximum atomic E-state index is 12.0. The second kappa shape index (κ2) is 8.05. The number of amides is 2. The molecule has 0 aliphatic carbocycles. The highest BCUT2D eigenvalue weighted by molar-refractivity contribution is 5.89. The van der Waals surface area contributed by atoms with Crippen LogP contribution < -0.4 is 21.1 Å². The lowest BCUT2D eigenvalue weighted by Gasteiger charge is -2.11. The van der Waals surface area contributed by atoms with Gasteiger partial charge in [-0.3, -0.25) is 0 Å². The molecule has 0 aliphatic rings. The van der Waals surface area contributed by atoms with E-state index in [0.717, 1.165) is 29.0 Å². The van der Waals surface area contributed by atoms with Crippen molar-refractivity contribution in [2.75, 3.05) is 19.0 Å². The van der Waals surface area contributed by atoms with Crippen LogP contribution in [0.1, 0.15) is 11.1 Å². The molecule has 0 saturated heterocycles. The van der Waals surface area contributed by atoms with Gasteiger partial charge in [-0.05, 0) is 36.7 Å². The molecule has 0 atom stereocenters. The van der Waals surface area contributed by atoms with Gasteiger partial charge in [0, 0.05) is 17.8 Å². The Hall–Kier alpha value is -2.53. The van der Waals surface area contributed by atoms with Crippen LogP contribution in [0.5, 0.6) is 5.75 Å². The molecule has 0 fully saturated rings. The predicted molar refractivity (Wildman–Crippen MR) is 88.1 cm³/mol. The van der Waals surface area contributed by atoms with E-state index in [4.69, 9.17) is 10.5 Å². The lowest BCUT2D eigenvalue weighted by atomic mass is 10.1. The van der Waals surface area contributed by atoms with E-state index in [0.29, 0.717) is 13.1 Å². The molecule has 2 rings (SSSR count). The fourth-order valence-corrected chi connectivity index (χ4v) is 2.17. The molecular weight excluding hydrogens is 278 g/mol. The van der Waals surface area contributed by atoms with Gasteiger partial charge < -0.3 is 21.1 Å². The number of nitrogens with one attached hydrogen (secondary N) is 2. The van der Waals surface area contributed by atoms with Crippen molar-refractivity contribution in [3.05, 3.63) is 59.7 Å². The van der Waals surface area contributed by atoms with Crippen LogP contribution in [0.4, 0.5) is 10.5 Å². The zero-order valence-electron chi connectivity index (χ0n) is 12.6. The van der Waals surface area contributed by atoms with Crippen LogP contribution in [0.3, 0.4) is 0 Å². The van der Waals surface area contributed by atoms with E-state index >= 15 is 0 Å². The molecule has 2 amide bonds. The maximum Gasteiger partial charge on any atom is 0.319 e. The Labute approximate surface area is 130 Å². The number of benzene rings is 2. The molecule has 0 aliphatic heterocycles. The monoisotopic (exact) mass is 299 g/mol. The number of ether oxygens (including phenoxy) is 1. The molecule has 0 saturated carbocycles. The number of rotatable bonds is 6. The lowest BCUT2D eigenvalue weighted by Crippen LogP contribution is -2.28. The minimum absolute atomic E-state index is 0.254. The van der Waals surface area contributed by atoms with Crippen LogP contribution in [0, 0.1) is 0 Å². The number of carbonyl (C=O) groups excluding carboxylic acids is 1. The van der Waals surface area contributed by atoms with Crippen molar-refractivity contribution >= 4 is 11.7 Å². The number of urea groups is 1. The number of methoxy groups -OCH3 is 1. The molecule has 0 spiro atoms. The van der Waals surface area contributed by atoms with Crippen LogP contribution in [0.25, 0.3) is 0 Å². The van der Waals surface area contributed by atoms with E-state index in [9.17, 15) is 4.79 Å². The smallest absolute Gasteiger partial charge is 0.319 e. The van der Waals surface area contributed by atoms with E-state index in [1.54, 1.807) is 7.11 Å². The summed E-state index contributed by atoms with van der Waals surface area (Å²) in [6.45, 7) is 0.988. The second-order valence-corrected chi connectivity index (χ2v) is 4.86. The average Bonchev–Trinajstić information content (AvgIpc) is 2.54. The summed E-state index contributed by atoms with van der Waals surface area (Å²) < 4.78 is 5.25. The standard InChI is InChI=1S/C17H21N3O2/c1-22-16-8-3-2-6-14(16)12-19-17(21)20-15-7-4-5-13(11-15)9-10-18/h2-8,11H,9-10,12,18H2,1H3,(H2,19,20,21). The molecule has 0 heterocycles. The van der Waals surface area contributed by atoms with Gasteiger partial charge >= 0.3 is 6.03 Å². The van der Waals surface area contributed by atoms with E-state index in [2.05, 4.69) is 10.6 Å². The third-order valence-electron chi connectivity index (χ3n) is 3.25. The first-order valence-corrected chi connectivity index (χ1v) is 7.18. The molecule has 0 bridgehead atoms. The lowest BCUT2D eigenvalue weighted by molar-refractivity contribution is 0.251. The Morgan fingerprint density at radius 2 is 2.00 bits per heavy atom. The molecule has 2 aromatic rings. The Morgan fingerprint density at radius 1 is 1.18 bits per heavy atom. The van der Waals surface area contributed by atoms with Gasteiger partial charge in [0.1, 0.15) is 5.75 Å². The van der Waals surface area contributed by atoms with Crippen molar-refractivity contribution in [1.82, 2.24) is 5.32 Å². The largest absolute Gasteiger partial charge is 0.496 e. The summed E-state index contributed by atoms with van der Waals surface area (Å²) in [4.78, 5) is 12.0. The van der Waals surface area contributed by atoms with E-state index in [1.807, 2.05) is 48.5 Å². The highest BCUT2D eigenvalue weighted by atomic mass is 16.5. The van der Waals surface area contributed by atoms with Gasteiger partial charge in [0.2, 0.25) is 0 Å². The van der Waals surface area contributed by atoms with Crippen LogP contribution in [0.2, 0.25) is 0 Å². The summed E-state index contributed by atoms with van der Waals surface area (Å²) in [6, 6.07) is 15.0. The fourth-order valence-electron chi connectivity index (χ4n) is 2.17. The van der Waals surface area contributed by atoms with Crippen molar-refractivity contribution < 1.29 is 9.53 Å². The summed E-state index contributed by atoms with van der Waals surface area (Å²) in [5, 5.41) is 5.64. The van der Waals surface area contributed by atoms with E-state index in [-0.39, 0.29) is 6.03 Å². The van der Waals surface area contributed by atoms with Crippen molar-refractivity contribution in [2.45, 2.75) is 13.0 Å². The first-order valence-electron chi connectivity index (χ1n) is 7.18. The molecule has 116 valence electrons. The zero-order chi connectivity index (χ0) is 15.8. The maximum absolute atomic E-state index is 12.0. The minimum atomic E-state index is -0.254. The van der Waals surface area contributed by atoms with Gasteiger partial charge in [-0.15, -0.1) is 0 Å². The molecule has 5 nitrogen and oxygen atoms in total. The van der Waals surface area contributed by atoms with Crippen molar-refractivity contribution in [3.8, 4) is 5.75 Å². The first kappa shape index (κ1) is 15.9. The van der Waals surface area contributed by atoms with Crippen LogP contribution in [-0.2, 0) is 13.0 Å². The molecule has 4 N–H and O–H groups in total. The third-order valence-corrected chi connectivity index (χ3v) is 3.25. The van der Waals surface area contributed by atoms with Crippen molar-refractivity contribution in [3.63, 3.8) is 0 Å². The fraction of sp³-hybridized carbons (Fsp3) is 0.235. The Bertz CT molecular complexity index is 629. The van der Waals surface area contributed by atoms with Crippen molar-refractivity contribution in [2.24, 2.45) is 5.73 Å². The summed E-state index contributed by atoms with van der Waals surface area (Å²) in [5.74, 6) is 0.757. The number of hydrogen-bond donors (Lipinski definition) is 3. The van der Waals surface area contributed by atoms with Gasteiger partial charge in [-0.1, -0.05) is 30.3 Å². The second-order valence-electron chi connectivity index (χ2n) is 4.86. The molecular formula is C17H21N3O2. The van der Waals surface area contributed by atoms with Crippen LogP contribution >= 0.6 is 0 Å². The summed E-state index contributed by atoms with van der Waals surface area (Å²) in [5.41, 5.74) is 8.32. The Balaban J connectivity index is 1.91. The van der Waals surface area contributed by atoms with Gasteiger partial charge in [0.25, 0.3) is 0 Å². The quantitative estimate of drug-likeness (QED) is 0.767. The van der Waals surface area contributed by atoms with Gasteiger partial charge in [0.05, 0.1) is 7.11 Å². The van der Waals surface area contributed by atoms with Gasteiger partial charge in [-0.2, -0.15) is 0 Å². The number of anilines is 1. The normalized spacial score (nSPS) is 10.1. The number of hydrogen-bond acceptors (Lipinski definition) is 3. The van der Waals surface area contributed by atoms with Gasteiger partial charge in [0.15, 0.2) is 0 Å². The average molecular weight is 299 g/mol. The summed E-state index contributed by atoms with van der Waals surface area (Å²) in [6.07, 6.45) is 0.790. The number of nitrogens with two attached hydrogens (primary N) is 1. The number of carbonyl (C=O) groups is 1. The molecule has 2 aromatic carbocycles. The van der Waals surface area contributed by atoms with E-state index < -0.39 is 0 Å². The molecule has 5 heteroatoms. The molecule has 0 unspecified atom stereocenters. The van der Waals surface area contributed by atoms with Gasteiger partial charge in [-0.25, -0.2) is 4.79 Å². The summed E-state index contributed by atoms with van der Waals surface area (Å²) >= 11 is 0. The molecule has 22 heavy (non-hydrogen) atoms. The molecule has 0 radical (unpaired) electrons. The highest BCUT2D eigenvalue weighted by Crippen LogP contribution is 2.17. The van der Waals surface area contributed by atoms with Crippen LogP contribution in [0.15, 0.2) is 48.5 Å². The minimum Gasteiger partial charge on any atom is -0.496 e. The number of para-hydroxylation sites is 1. The van der Waals surface area contributed by atoms with Crippen molar-refractivity contribution in [1.29, 1.82) is 0 Å². The topological polar surface area (TPSA) is 76.4 Å². The Kier molecular flexibility index (Phi) is 5.80. The molecule has 0 aromatic heterocycles.